The Hall–Kier alpha value is -1.20. The van der Waals surface area contributed by atoms with Crippen LogP contribution >= 0.6 is 0 Å². The highest BCUT2D eigenvalue weighted by molar-refractivity contribution is 7.93. The Morgan fingerprint density at radius 1 is 1.14 bits per heavy atom. The second-order valence-corrected chi connectivity index (χ2v) is 8.11. The fraction of sp³-hybridized carbons (Fsp3) is 0.455. The van der Waals surface area contributed by atoms with Crippen molar-refractivity contribution in [1.82, 2.24) is 0 Å². The summed E-state index contributed by atoms with van der Waals surface area (Å²) in [6.07, 6.45) is 1.04. The zero-order valence-corrected chi connectivity index (χ0v) is 13.0. The van der Waals surface area contributed by atoms with Crippen LogP contribution in [0.5, 0.6) is 0 Å². The molecule has 1 rings (SSSR count). The maximum absolute atomic E-state index is 12.3. The topological polar surface area (TPSA) is 153 Å². The molecule has 0 aliphatic rings. The van der Waals surface area contributed by atoms with Gasteiger partial charge in [0.1, 0.15) is 0 Å². The van der Waals surface area contributed by atoms with Crippen molar-refractivity contribution in [3.63, 3.8) is 0 Å². The largest absolute Gasteiger partial charge is 0.330 e. The number of rotatable bonds is 8. The second kappa shape index (κ2) is 7.18. The molecule has 21 heavy (non-hydrogen) atoms. The minimum atomic E-state index is -4.35. The highest BCUT2D eigenvalue weighted by Crippen LogP contribution is 2.23. The maximum Gasteiger partial charge on any atom is 0.265 e. The molecule has 120 valence electrons. The van der Waals surface area contributed by atoms with Crippen molar-refractivity contribution < 1.29 is 21.4 Å². The second-order valence-electron chi connectivity index (χ2n) is 4.46. The first-order valence-corrected chi connectivity index (χ1v) is 9.43. The van der Waals surface area contributed by atoms with Crippen molar-refractivity contribution in [2.75, 3.05) is 23.5 Å². The number of benzene rings is 1. The van der Waals surface area contributed by atoms with Crippen molar-refractivity contribution in [2.45, 2.75) is 17.7 Å². The Labute approximate surface area is 124 Å². The van der Waals surface area contributed by atoms with Gasteiger partial charge >= 0.3 is 0 Å². The van der Waals surface area contributed by atoms with Crippen LogP contribution in [0, 0.1) is 0 Å². The smallest absolute Gasteiger partial charge is 0.265 e. The Morgan fingerprint density at radius 2 is 1.81 bits per heavy atom. The minimum absolute atomic E-state index is 0.00458. The van der Waals surface area contributed by atoms with E-state index in [1.165, 1.54) is 6.07 Å². The third-order valence-electron chi connectivity index (χ3n) is 2.83. The van der Waals surface area contributed by atoms with Gasteiger partial charge < -0.3 is 11.2 Å². The van der Waals surface area contributed by atoms with E-state index in [0.29, 0.717) is 30.6 Å². The van der Waals surface area contributed by atoms with E-state index in [1.54, 1.807) is 12.1 Å². The predicted molar refractivity (Wildman–Crippen MR) is 80.1 cm³/mol. The number of hydrogen-bond acceptors (Lipinski definition) is 7. The zero-order chi connectivity index (χ0) is 16.1. The molecule has 0 aliphatic heterocycles. The summed E-state index contributed by atoms with van der Waals surface area (Å²) in [6.45, 7) is 0.404. The van der Waals surface area contributed by atoms with Gasteiger partial charge in [-0.2, -0.15) is 8.42 Å². The molecule has 0 bridgehead atoms. The van der Waals surface area contributed by atoms with Gasteiger partial charge in [0, 0.05) is 5.69 Å². The maximum atomic E-state index is 12.3. The summed E-state index contributed by atoms with van der Waals surface area (Å²) in [5.41, 5.74) is 8.67. The predicted octanol–water partition coefficient (Wildman–Crippen LogP) is -0.475. The lowest BCUT2D eigenvalue weighted by atomic mass is 10.1. The van der Waals surface area contributed by atoms with Gasteiger partial charge in [0.05, 0.1) is 16.4 Å². The van der Waals surface area contributed by atoms with E-state index >= 15 is 0 Å². The Morgan fingerprint density at radius 3 is 2.33 bits per heavy atom. The van der Waals surface area contributed by atoms with Crippen molar-refractivity contribution in [3.8, 4) is 0 Å². The van der Waals surface area contributed by atoms with Gasteiger partial charge in [-0.05, 0) is 37.1 Å². The molecule has 0 unspecified atom stereocenters. The van der Waals surface area contributed by atoms with E-state index in [0.717, 1.165) is 0 Å². The summed E-state index contributed by atoms with van der Waals surface area (Å²) < 4.78 is 54.7. The van der Waals surface area contributed by atoms with Crippen LogP contribution in [0.3, 0.4) is 0 Å². The molecule has 0 aliphatic carbocycles. The van der Waals surface area contributed by atoms with Crippen LogP contribution in [0.15, 0.2) is 23.1 Å². The first-order chi connectivity index (χ1) is 9.69. The van der Waals surface area contributed by atoms with Crippen LogP contribution < -0.4 is 17.0 Å². The average Bonchev–Trinajstić information content (AvgIpc) is 2.42. The van der Waals surface area contributed by atoms with Crippen LogP contribution in [-0.4, -0.2) is 39.4 Å². The summed E-state index contributed by atoms with van der Waals surface area (Å²) in [6, 6.07) is 4.56. The molecule has 0 saturated carbocycles. The van der Waals surface area contributed by atoms with Gasteiger partial charge in [-0.15, -0.1) is 0 Å². The van der Waals surface area contributed by atoms with E-state index in [1.807, 2.05) is 0 Å². The Bertz CT molecular complexity index is 686. The number of sulfone groups is 1. The highest BCUT2D eigenvalue weighted by atomic mass is 32.2. The molecule has 1 aromatic rings. The van der Waals surface area contributed by atoms with Crippen molar-refractivity contribution >= 4 is 25.6 Å². The van der Waals surface area contributed by atoms with Crippen LogP contribution in [0.2, 0.25) is 0 Å². The number of nitrogen functional groups attached to an aromatic ring is 1. The van der Waals surface area contributed by atoms with E-state index in [2.05, 4.69) is 5.43 Å². The molecule has 0 spiro atoms. The van der Waals surface area contributed by atoms with Gasteiger partial charge in [0.25, 0.3) is 10.1 Å². The molecule has 0 aromatic heterocycles. The van der Waals surface area contributed by atoms with E-state index in [9.17, 15) is 16.8 Å². The molecule has 1 aromatic carbocycles. The molecule has 0 fully saturated rings. The molecule has 6 N–H and O–H groups in total. The molecule has 8 nitrogen and oxygen atoms in total. The standard InChI is InChI=1S/C11H19N3O5S2/c12-5-1-2-9-3-4-10(14-13)8-11(9)20(15,16)6-7-21(17,18)19/h3-4,8,14H,1-2,5-7,12-13H2,(H,17,18,19). The van der Waals surface area contributed by atoms with E-state index in [4.69, 9.17) is 16.1 Å². The fourth-order valence-electron chi connectivity index (χ4n) is 1.76. The van der Waals surface area contributed by atoms with Crippen LogP contribution in [-0.2, 0) is 26.4 Å². The number of nitrogens with one attached hydrogen (secondary N) is 1. The average molecular weight is 337 g/mol. The normalized spacial score (nSPS) is 12.3. The molecule has 0 atom stereocenters. The lowest BCUT2D eigenvalue weighted by Gasteiger charge is -2.12. The Kier molecular flexibility index (Phi) is 6.10. The molecule has 0 amide bonds. The molecule has 0 radical (unpaired) electrons. The van der Waals surface area contributed by atoms with Gasteiger partial charge in [0.2, 0.25) is 0 Å². The van der Waals surface area contributed by atoms with Gasteiger partial charge in [-0.1, -0.05) is 6.07 Å². The zero-order valence-electron chi connectivity index (χ0n) is 11.3. The fourth-order valence-corrected chi connectivity index (χ4v) is 4.57. The quantitative estimate of drug-likeness (QED) is 0.282. The van der Waals surface area contributed by atoms with Crippen LogP contribution in [0.1, 0.15) is 12.0 Å². The van der Waals surface area contributed by atoms with Gasteiger partial charge in [0.15, 0.2) is 9.84 Å². The van der Waals surface area contributed by atoms with Crippen LogP contribution in [0.4, 0.5) is 5.69 Å². The summed E-state index contributed by atoms with van der Waals surface area (Å²) in [5.74, 6) is 3.70. The summed E-state index contributed by atoms with van der Waals surface area (Å²) in [4.78, 5) is -0.00458. The highest BCUT2D eigenvalue weighted by Gasteiger charge is 2.21. The summed E-state index contributed by atoms with van der Waals surface area (Å²) >= 11 is 0. The summed E-state index contributed by atoms with van der Waals surface area (Å²) in [7, 11) is -8.21. The Balaban J connectivity index is 3.17. The van der Waals surface area contributed by atoms with Crippen molar-refractivity contribution in [1.29, 1.82) is 0 Å². The number of hydrogen-bond donors (Lipinski definition) is 4. The first kappa shape index (κ1) is 17.9. The third-order valence-corrected chi connectivity index (χ3v) is 5.60. The monoisotopic (exact) mass is 337 g/mol. The molecular weight excluding hydrogens is 318 g/mol. The van der Waals surface area contributed by atoms with Crippen molar-refractivity contribution in [3.05, 3.63) is 23.8 Å². The molecular formula is C11H19N3O5S2. The van der Waals surface area contributed by atoms with Gasteiger partial charge in [-0.3, -0.25) is 10.4 Å². The van der Waals surface area contributed by atoms with Gasteiger partial charge in [-0.25, -0.2) is 8.42 Å². The molecule has 10 heteroatoms. The lowest BCUT2D eigenvalue weighted by Crippen LogP contribution is -2.18. The SMILES string of the molecule is NCCCc1ccc(NN)cc1S(=O)(=O)CCS(=O)(=O)O. The molecule has 0 heterocycles. The third kappa shape index (κ3) is 5.59. The number of anilines is 1. The first-order valence-electron chi connectivity index (χ1n) is 6.17. The molecule has 0 saturated heterocycles. The van der Waals surface area contributed by atoms with E-state index < -0.39 is 31.5 Å². The van der Waals surface area contributed by atoms with Crippen molar-refractivity contribution in [2.24, 2.45) is 11.6 Å². The van der Waals surface area contributed by atoms with E-state index in [-0.39, 0.29) is 4.90 Å². The minimum Gasteiger partial charge on any atom is -0.330 e. The lowest BCUT2D eigenvalue weighted by molar-refractivity contribution is 0.484. The number of nitrogens with two attached hydrogens (primary N) is 2. The van der Waals surface area contributed by atoms with Crippen LogP contribution in [0.25, 0.3) is 0 Å². The number of aryl methyl sites for hydroxylation is 1. The summed E-state index contributed by atoms with van der Waals surface area (Å²) in [5, 5.41) is 0. The number of hydrazine groups is 1.